The maximum absolute atomic E-state index is 11.3. The average molecular weight is 238 g/mol. The van der Waals surface area contributed by atoms with Crippen LogP contribution in [0.5, 0.6) is 0 Å². The Morgan fingerprint density at radius 2 is 2.00 bits per heavy atom. The van der Waals surface area contributed by atoms with Gasteiger partial charge in [-0.2, -0.15) is 11.8 Å². The summed E-state index contributed by atoms with van der Waals surface area (Å²) in [5, 5.41) is 5.92. The summed E-state index contributed by atoms with van der Waals surface area (Å²) in [6.45, 7) is 0.972. The summed E-state index contributed by atoms with van der Waals surface area (Å²) in [6.07, 6.45) is 3.26. The number of carbonyl (C=O) groups excluding carboxylic acids is 1. The average Bonchev–Trinajstić information content (AvgIpc) is 2.34. The normalized spacial score (nSPS) is 9.88. The van der Waals surface area contributed by atoms with Crippen LogP contribution in [0.2, 0.25) is 0 Å². The second-order valence-corrected chi connectivity index (χ2v) is 4.42. The summed E-state index contributed by atoms with van der Waals surface area (Å²) in [4.78, 5) is 11.3. The zero-order valence-corrected chi connectivity index (χ0v) is 10.6. The Kier molecular flexibility index (Phi) is 5.78. The molecular weight excluding hydrogens is 220 g/mol. The van der Waals surface area contributed by atoms with Crippen LogP contribution in [0.3, 0.4) is 0 Å². The molecule has 0 aromatic heterocycles. The van der Waals surface area contributed by atoms with Gasteiger partial charge in [0.1, 0.15) is 0 Å². The van der Waals surface area contributed by atoms with Gasteiger partial charge in [-0.15, -0.1) is 0 Å². The highest BCUT2D eigenvalue weighted by atomic mass is 32.2. The Morgan fingerprint density at radius 3 is 2.56 bits per heavy atom. The van der Waals surface area contributed by atoms with Crippen LogP contribution in [-0.2, 0) is 0 Å². The molecule has 0 radical (unpaired) electrons. The highest BCUT2D eigenvalue weighted by molar-refractivity contribution is 7.98. The lowest BCUT2D eigenvalue weighted by Gasteiger charge is -2.06. The number of hydrogen-bond acceptors (Lipinski definition) is 3. The molecule has 3 nitrogen and oxygen atoms in total. The van der Waals surface area contributed by atoms with Gasteiger partial charge in [-0.3, -0.25) is 4.79 Å². The molecule has 4 heteroatoms. The van der Waals surface area contributed by atoms with Crippen LogP contribution in [0.4, 0.5) is 5.69 Å². The predicted octanol–water partition coefficient (Wildman–Crippen LogP) is 2.21. The van der Waals surface area contributed by atoms with Gasteiger partial charge in [-0.25, -0.2) is 0 Å². The molecule has 2 N–H and O–H groups in total. The number of nitrogens with one attached hydrogen (secondary N) is 2. The van der Waals surface area contributed by atoms with Crippen molar-refractivity contribution >= 4 is 23.4 Å². The van der Waals surface area contributed by atoms with Crippen LogP contribution in [0.15, 0.2) is 24.3 Å². The van der Waals surface area contributed by atoms with Gasteiger partial charge in [0, 0.05) is 24.8 Å². The van der Waals surface area contributed by atoms with Crippen LogP contribution in [0.1, 0.15) is 16.8 Å². The minimum Gasteiger partial charge on any atom is -0.385 e. The first-order valence-electron chi connectivity index (χ1n) is 5.33. The molecule has 0 aliphatic rings. The van der Waals surface area contributed by atoms with E-state index in [1.165, 1.54) is 5.75 Å². The fourth-order valence-electron chi connectivity index (χ4n) is 1.33. The molecule has 88 valence electrons. The summed E-state index contributed by atoms with van der Waals surface area (Å²) in [5.74, 6) is 1.12. The van der Waals surface area contributed by atoms with E-state index in [9.17, 15) is 4.79 Å². The number of rotatable bonds is 6. The molecule has 1 aromatic carbocycles. The van der Waals surface area contributed by atoms with Crippen molar-refractivity contribution in [2.75, 3.05) is 30.9 Å². The minimum atomic E-state index is -0.0473. The lowest BCUT2D eigenvalue weighted by molar-refractivity contribution is 0.0963. The molecule has 0 atom stereocenters. The lowest BCUT2D eigenvalue weighted by Crippen LogP contribution is -2.17. The van der Waals surface area contributed by atoms with Crippen LogP contribution < -0.4 is 10.6 Å². The Labute approximate surface area is 101 Å². The van der Waals surface area contributed by atoms with Gasteiger partial charge in [0.05, 0.1) is 0 Å². The largest absolute Gasteiger partial charge is 0.385 e. The van der Waals surface area contributed by atoms with Crippen molar-refractivity contribution in [3.8, 4) is 0 Å². The van der Waals surface area contributed by atoms with E-state index < -0.39 is 0 Å². The summed E-state index contributed by atoms with van der Waals surface area (Å²) in [6, 6.07) is 7.53. The topological polar surface area (TPSA) is 41.1 Å². The Balaban J connectivity index is 2.42. The molecule has 0 aliphatic carbocycles. The van der Waals surface area contributed by atoms with Crippen molar-refractivity contribution in [3.63, 3.8) is 0 Å². The molecule has 0 heterocycles. The predicted molar refractivity (Wildman–Crippen MR) is 71.3 cm³/mol. The van der Waals surface area contributed by atoms with Gasteiger partial charge in [-0.05, 0) is 42.7 Å². The number of hydrogen-bond donors (Lipinski definition) is 2. The van der Waals surface area contributed by atoms with Crippen molar-refractivity contribution in [1.82, 2.24) is 5.32 Å². The van der Waals surface area contributed by atoms with Crippen molar-refractivity contribution in [3.05, 3.63) is 29.8 Å². The minimum absolute atomic E-state index is 0.0473. The van der Waals surface area contributed by atoms with Crippen LogP contribution in [0, 0.1) is 0 Å². The van der Waals surface area contributed by atoms with Gasteiger partial charge < -0.3 is 10.6 Å². The Hall–Kier alpha value is -1.16. The summed E-state index contributed by atoms with van der Waals surface area (Å²) >= 11 is 1.85. The molecule has 0 spiro atoms. The maximum Gasteiger partial charge on any atom is 0.251 e. The van der Waals surface area contributed by atoms with E-state index in [0.29, 0.717) is 5.56 Å². The standard InChI is InChI=1S/C12H18N2OS/c1-13-12(15)10-4-6-11(7-5-10)14-8-3-9-16-2/h4-7,14H,3,8-9H2,1-2H3,(H,13,15). The maximum atomic E-state index is 11.3. The first-order chi connectivity index (χ1) is 7.77. The number of benzene rings is 1. The van der Waals surface area contributed by atoms with E-state index in [-0.39, 0.29) is 5.91 Å². The van der Waals surface area contributed by atoms with Crippen LogP contribution >= 0.6 is 11.8 Å². The zero-order valence-electron chi connectivity index (χ0n) is 9.75. The molecule has 1 rings (SSSR count). The molecule has 1 aromatic rings. The van der Waals surface area contributed by atoms with Gasteiger partial charge in [0.25, 0.3) is 5.91 Å². The fraction of sp³-hybridized carbons (Fsp3) is 0.417. The van der Waals surface area contributed by atoms with Crippen molar-refractivity contribution in [1.29, 1.82) is 0 Å². The summed E-state index contributed by atoms with van der Waals surface area (Å²) < 4.78 is 0. The molecule has 0 aliphatic heterocycles. The third-order valence-corrected chi connectivity index (χ3v) is 2.93. The van der Waals surface area contributed by atoms with E-state index in [1.807, 2.05) is 36.0 Å². The van der Waals surface area contributed by atoms with Crippen LogP contribution in [-0.4, -0.2) is 31.5 Å². The van der Waals surface area contributed by atoms with Crippen molar-refractivity contribution in [2.24, 2.45) is 0 Å². The third-order valence-electron chi connectivity index (χ3n) is 2.23. The second-order valence-electron chi connectivity index (χ2n) is 3.43. The van der Waals surface area contributed by atoms with E-state index >= 15 is 0 Å². The van der Waals surface area contributed by atoms with Gasteiger partial charge in [-0.1, -0.05) is 0 Å². The van der Waals surface area contributed by atoms with E-state index in [4.69, 9.17) is 0 Å². The SMILES string of the molecule is CNC(=O)c1ccc(NCCCSC)cc1. The van der Waals surface area contributed by atoms with E-state index in [2.05, 4.69) is 16.9 Å². The smallest absolute Gasteiger partial charge is 0.251 e. The van der Waals surface area contributed by atoms with Crippen LogP contribution in [0.25, 0.3) is 0 Å². The Morgan fingerprint density at radius 1 is 1.31 bits per heavy atom. The number of thioether (sulfide) groups is 1. The van der Waals surface area contributed by atoms with Crippen molar-refractivity contribution in [2.45, 2.75) is 6.42 Å². The second kappa shape index (κ2) is 7.17. The number of anilines is 1. The van der Waals surface area contributed by atoms with Gasteiger partial charge >= 0.3 is 0 Å². The van der Waals surface area contributed by atoms with Gasteiger partial charge in [0.2, 0.25) is 0 Å². The summed E-state index contributed by atoms with van der Waals surface area (Å²) in [7, 11) is 1.64. The lowest BCUT2D eigenvalue weighted by atomic mass is 10.2. The molecule has 0 saturated heterocycles. The molecule has 0 unspecified atom stereocenters. The quantitative estimate of drug-likeness (QED) is 0.747. The molecule has 0 saturated carbocycles. The first-order valence-corrected chi connectivity index (χ1v) is 6.72. The van der Waals surface area contributed by atoms with Crippen molar-refractivity contribution < 1.29 is 4.79 Å². The Bertz CT molecular complexity index is 324. The monoisotopic (exact) mass is 238 g/mol. The molecular formula is C12H18N2OS. The van der Waals surface area contributed by atoms with E-state index in [0.717, 1.165) is 18.7 Å². The molecule has 0 bridgehead atoms. The summed E-state index contributed by atoms with van der Waals surface area (Å²) in [5.41, 5.74) is 1.76. The number of amides is 1. The number of carbonyl (C=O) groups is 1. The molecule has 16 heavy (non-hydrogen) atoms. The van der Waals surface area contributed by atoms with Gasteiger partial charge in [0.15, 0.2) is 0 Å². The molecule has 1 amide bonds. The first kappa shape index (κ1) is 12.9. The highest BCUT2D eigenvalue weighted by Crippen LogP contribution is 2.09. The van der Waals surface area contributed by atoms with E-state index in [1.54, 1.807) is 7.05 Å². The third kappa shape index (κ3) is 4.14. The highest BCUT2D eigenvalue weighted by Gasteiger charge is 2.01. The fourth-order valence-corrected chi connectivity index (χ4v) is 1.77. The molecule has 0 fully saturated rings. The zero-order chi connectivity index (χ0) is 11.8.